The van der Waals surface area contributed by atoms with Crippen LogP contribution < -0.4 is 16.9 Å². The SMILES string of the molecule is CC1C[C@@H]2CC(N3[C@@H]4CCC[C@H]3CC(n3c(=O)c(-c5c[nH]c(=O)c(C(N)=O)c5)nc5ccccc53)C4)C[C@H](C1)C2. The zero-order valence-corrected chi connectivity index (χ0v) is 23.2. The summed E-state index contributed by atoms with van der Waals surface area (Å²) in [5.74, 6) is 1.80. The molecule has 3 unspecified atom stereocenters. The Labute approximate surface area is 234 Å². The smallest absolute Gasteiger partial charge is 0.277 e. The van der Waals surface area contributed by atoms with Gasteiger partial charge in [0.05, 0.1) is 11.0 Å². The largest absolute Gasteiger partial charge is 0.365 e. The van der Waals surface area contributed by atoms with Gasteiger partial charge < -0.3 is 15.3 Å². The zero-order chi connectivity index (χ0) is 27.5. The summed E-state index contributed by atoms with van der Waals surface area (Å²) in [5, 5.41) is 0. The average molecular weight is 542 g/mol. The summed E-state index contributed by atoms with van der Waals surface area (Å²) in [6.45, 7) is 2.44. The lowest BCUT2D eigenvalue weighted by atomic mass is 9.65. The van der Waals surface area contributed by atoms with Crippen molar-refractivity contribution in [3.8, 4) is 11.3 Å². The summed E-state index contributed by atoms with van der Waals surface area (Å²) >= 11 is 0. The van der Waals surface area contributed by atoms with Gasteiger partial charge in [-0.2, -0.15) is 0 Å². The number of aromatic amines is 1. The molecular weight excluding hydrogens is 502 g/mol. The molecule has 8 heteroatoms. The maximum absolute atomic E-state index is 14.2. The van der Waals surface area contributed by atoms with Crippen molar-refractivity contribution in [2.24, 2.45) is 23.5 Å². The van der Waals surface area contributed by atoms with Crippen LogP contribution in [0.4, 0.5) is 0 Å². The van der Waals surface area contributed by atoms with Crippen LogP contribution in [0, 0.1) is 17.8 Å². The maximum atomic E-state index is 14.2. The number of fused-ring (bicyclic) bond motifs is 5. The Morgan fingerprint density at radius 1 is 0.925 bits per heavy atom. The van der Waals surface area contributed by atoms with E-state index in [0.29, 0.717) is 23.7 Å². The van der Waals surface area contributed by atoms with Crippen LogP contribution in [0.5, 0.6) is 0 Å². The van der Waals surface area contributed by atoms with Gasteiger partial charge in [0, 0.05) is 35.9 Å². The highest BCUT2D eigenvalue weighted by Crippen LogP contribution is 2.48. The second-order valence-corrected chi connectivity index (χ2v) is 13.1. The second-order valence-electron chi connectivity index (χ2n) is 13.1. The summed E-state index contributed by atoms with van der Waals surface area (Å²) in [5.41, 5.74) is 6.71. The first-order chi connectivity index (χ1) is 19.4. The standard InChI is InChI=1S/C32H39N5O3/c1-18-9-19-11-20(10-18)13-24(12-19)36-22-5-4-6-23(36)16-25(15-22)37-28-8-3-2-7-27(28)35-29(32(37)40)21-14-26(30(33)38)31(39)34-17-21/h2-3,7-8,14,17-20,22-25H,4-6,9-13,15-16H2,1H3,(H2,33,38)(H,34,39)/t18?,19-,20+,22-,23+,24?,25?. The highest BCUT2D eigenvalue weighted by Gasteiger charge is 2.46. The lowest BCUT2D eigenvalue weighted by molar-refractivity contribution is -0.0524. The molecule has 0 spiro atoms. The van der Waals surface area contributed by atoms with Crippen molar-refractivity contribution in [3.05, 3.63) is 62.8 Å². The Hall–Kier alpha value is -3.26. The van der Waals surface area contributed by atoms with E-state index in [4.69, 9.17) is 10.7 Å². The van der Waals surface area contributed by atoms with Crippen molar-refractivity contribution < 1.29 is 4.79 Å². The minimum absolute atomic E-state index is 0.0761. The first-order valence-electron chi connectivity index (χ1n) is 15.2. The van der Waals surface area contributed by atoms with E-state index in [1.54, 1.807) is 0 Å². The average Bonchev–Trinajstić information content (AvgIpc) is 2.91. The molecule has 2 aromatic heterocycles. The van der Waals surface area contributed by atoms with E-state index < -0.39 is 11.5 Å². The second kappa shape index (κ2) is 9.98. The normalized spacial score (nSPS) is 32.2. The number of carbonyl (C=O) groups is 1. The topological polar surface area (TPSA) is 114 Å². The molecule has 7 rings (SSSR count). The number of carbonyl (C=O) groups excluding carboxylic acids is 1. The molecule has 2 saturated carbocycles. The summed E-state index contributed by atoms with van der Waals surface area (Å²) in [7, 11) is 0. The highest BCUT2D eigenvalue weighted by molar-refractivity contribution is 5.93. The number of pyridine rings is 1. The molecule has 1 aromatic carbocycles. The van der Waals surface area contributed by atoms with E-state index in [2.05, 4.69) is 16.8 Å². The highest BCUT2D eigenvalue weighted by atomic mass is 16.2. The molecule has 3 N–H and O–H groups in total. The number of H-pyrrole nitrogens is 1. The number of hydrogen-bond donors (Lipinski definition) is 2. The van der Waals surface area contributed by atoms with Crippen molar-refractivity contribution in [1.82, 2.24) is 19.4 Å². The fraction of sp³-hybridized carbons (Fsp3) is 0.562. The Morgan fingerprint density at radius 3 is 2.33 bits per heavy atom. The number of nitrogens with two attached hydrogens (primary N) is 1. The third-order valence-corrected chi connectivity index (χ3v) is 10.4. The molecule has 210 valence electrons. The molecular formula is C32H39N5O3. The number of nitrogens with one attached hydrogen (secondary N) is 1. The molecule has 4 bridgehead atoms. The molecule has 4 fully saturated rings. The number of benzene rings is 1. The van der Waals surface area contributed by atoms with Gasteiger partial charge in [-0.05, 0) is 93.7 Å². The van der Waals surface area contributed by atoms with Crippen molar-refractivity contribution in [2.45, 2.75) is 95.3 Å². The Morgan fingerprint density at radius 2 is 1.62 bits per heavy atom. The van der Waals surface area contributed by atoms with Gasteiger partial charge in [0.25, 0.3) is 17.0 Å². The van der Waals surface area contributed by atoms with Crippen LogP contribution in [0.1, 0.15) is 87.5 Å². The Balaban J connectivity index is 1.26. The van der Waals surface area contributed by atoms with E-state index in [1.807, 2.05) is 28.8 Å². The van der Waals surface area contributed by atoms with Crippen LogP contribution >= 0.6 is 0 Å². The number of hydrogen-bond acceptors (Lipinski definition) is 5. The molecule has 2 aliphatic carbocycles. The van der Waals surface area contributed by atoms with Gasteiger partial charge in [0.15, 0.2) is 0 Å². The number of nitrogens with zero attached hydrogens (tertiary/aromatic N) is 3. The van der Waals surface area contributed by atoms with Gasteiger partial charge in [0.1, 0.15) is 11.3 Å². The molecule has 40 heavy (non-hydrogen) atoms. The third kappa shape index (κ3) is 4.41. The summed E-state index contributed by atoms with van der Waals surface area (Å²) in [4.78, 5) is 48.4. The number of primary amides is 1. The van der Waals surface area contributed by atoms with Gasteiger partial charge in [-0.15, -0.1) is 0 Å². The molecule has 7 atom stereocenters. The van der Waals surface area contributed by atoms with Crippen molar-refractivity contribution in [3.63, 3.8) is 0 Å². The lowest BCUT2D eigenvalue weighted by Gasteiger charge is -2.55. The monoisotopic (exact) mass is 541 g/mol. The number of piperidine rings is 2. The molecule has 2 saturated heterocycles. The number of aromatic nitrogens is 3. The fourth-order valence-electron chi connectivity index (χ4n) is 9.10. The Bertz CT molecular complexity index is 1540. The number of amides is 1. The predicted octanol–water partition coefficient (Wildman–Crippen LogP) is 4.62. The molecule has 8 nitrogen and oxygen atoms in total. The summed E-state index contributed by atoms with van der Waals surface area (Å²) in [6.07, 6.45) is 13.9. The van der Waals surface area contributed by atoms with E-state index in [1.165, 1.54) is 63.6 Å². The molecule has 1 amide bonds. The van der Waals surface area contributed by atoms with Gasteiger partial charge in [-0.1, -0.05) is 25.5 Å². The fourth-order valence-corrected chi connectivity index (χ4v) is 9.10. The predicted molar refractivity (Wildman–Crippen MR) is 155 cm³/mol. The van der Waals surface area contributed by atoms with Crippen LogP contribution in [0.2, 0.25) is 0 Å². The minimum atomic E-state index is -0.828. The van der Waals surface area contributed by atoms with Crippen LogP contribution in [0.3, 0.4) is 0 Å². The number of rotatable bonds is 4. The first-order valence-corrected chi connectivity index (χ1v) is 15.2. The van der Waals surface area contributed by atoms with Gasteiger partial charge in [-0.25, -0.2) is 4.98 Å². The van der Waals surface area contributed by atoms with Crippen LogP contribution in [0.25, 0.3) is 22.3 Å². The molecule has 3 aromatic rings. The van der Waals surface area contributed by atoms with Crippen LogP contribution in [-0.2, 0) is 0 Å². The zero-order valence-electron chi connectivity index (χ0n) is 23.2. The quantitative estimate of drug-likeness (QED) is 0.500. The maximum Gasteiger partial charge on any atom is 0.277 e. The van der Waals surface area contributed by atoms with E-state index in [-0.39, 0.29) is 22.9 Å². The Kier molecular flexibility index (Phi) is 6.41. The molecule has 2 aliphatic heterocycles. The number of para-hydroxylation sites is 2. The van der Waals surface area contributed by atoms with Crippen molar-refractivity contribution >= 4 is 16.9 Å². The van der Waals surface area contributed by atoms with Crippen molar-refractivity contribution in [1.29, 1.82) is 0 Å². The van der Waals surface area contributed by atoms with E-state index in [0.717, 1.165) is 41.6 Å². The van der Waals surface area contributed by atoms with E-state index in [9.17, 15) is 14.4 Å². The van der Waals surface area contributed by atoms with E-state index >= 15 is 0 Å². The van der Waals surface area contributed by atoms with Crippen LogP contribution in [0.15, 0.2) is 46.1 Å². The third-order valence-electron chi connectivity index (χ3n) is 10.4. The van der Waals surface area contributed by atoms with Crippen LogP contribution in [-0.4, -0.2) is 43.5 Å². The molecule has 4 aliphatic rings. The summed E-state index contributed by atoms with van der Waals surface area (Å²) < 4.78 is 1.96. The molecule has 0 radical (unpaired) electrons. The van der Waals surface area contributed by atoms with Gasteiger partial charge in [0.2, 0.25) is 0 Å². The molecule has 4 heterocycles. The summed E-state index contributed by atoms with van der Waals surface area (Å²) in [6, 6.07) is 10.9. The van der Waals surface area contributed by atoms with Gasteiger partial charge >= 0.3 is 0 Å². The van der Waals surface area contributed by atoms with Gasteiger partial charge in [-0.3, -0.25) is 19.3 Å². The first kappa shape index (κ1) is 25.7. The minimum Gasteiger partial charge on any atom is -0.365 e. The lowest BCUT2D eigenvalue weighted by Crippen LogP contribution is -2.58. The van der Waals surface area contributed by atoms with Crippen molar-refractivity contribution in [2.75, 3.05) is 0 Å².